The molecule has 0 atom stereocenters. The third kappa shape index (κ3) is 3.71. The molecule has 1 aliphatic rings. The van der Waals surface area contributed by atoms with Gasteiger partial charge in [-0.2, -0.15) is 0 Å². The minimum absolute atomic E-state index is 0.111. The number of aromatic amines is 1. The molecule has 152 valence electrons. The fraction of sp³-hybridized carbons (Fsp3) is 0.333. The number of hydrogen-bond acceptors (Lipinski definition) is 7. The number of hydrogen-bond donors (Lipinski definition) is 1. The van der Waals surface area contributed by atoms with Crippen molar-refractivity contribution in [3.63, 3.8) is 0 Å². The molecule has 0 saturated carbocycles. The zero-order valence-electron chi connectivity index (χ0n) is 16.7. The summed E-state index contributed by atoms with van der Waals surface area (Å²) in [6.07, 6.45) is 2.18. The molecular formula is C21H23N3O5. The van der Waals surface area contributed by atoms with Gasteiger partial charge in [-0.3, -0.25) is 9.69 Å². The highest BCUT2D eigenvalue weighted by Crippen LogP contribution is 2.35. The Labute approximate surface area is 168 Å². The van der Waals surface area contributed by atoms with E-state index in [-0.39, 0.29) is 5.56 Å². The Hall–Kier alpha value is -3.26. The van der Waals surface area contributed by atoms with E-state index in [1.807, 2.05) is 12.1 Å². The van der Waals surface area contributed by atoms with Crippen molar-refractivity contribution in [3.8, 4) is 28.8 Å². The first kappa shape index (κ1) is 19.1. The lowest BCUT2D eigenvalue weighted by Crippen LogP contribution is -2.35. The molecule has 1 aliphatic heterocycles. The number of furan rings is 1. The van der Waals surface area contributed by atoms with Crippen molar-refractivity contribution in [1.82, 2.24) is 14.9 Å². The van der Waals surface area contributed by atoms with Crippen molar-refractivity contribution in [1.29, 1.82) is 0 Å². The Bertz CT molecular complexity index is 1030. The topological polar surface area (TPSA) is 89.8 Å². The number of H-pyrrole nitrogens is 1. The number of nitrogens with zero attached hydrogens (tertiary/aromatic N) is 2. The quantitative estimate of drug-likeness (QED) is 0.684. The van der Waals surface area contributed by atoms with Gasteiger partial charge in [0.05, 0.1) is 38.8 Å². The molecular weight excluding hydrogens is 374 g/mol. The van der Waals surface area contributed by atoms with E-state index < -0.39 is 0 Å². The molecule has 0 spiro atoms. The molecule has 3 aromatic rings. The minimum Gasteiger partial charge on any atom is -0.496 e. The second-order valence-corrected chi connectivity index (χ2v) is 6.79. The van der Waals surface area contributed by atoms with Gasteiger partial charge in [-0.15, -0.1) is 0 Å². The molecule has 0 aliphatic carbocycles. The third-order valence-corrected chi connectivity index (χ3v) is 5.11. The molecule has 1 aromatic carbocycles. The number of aromatic nitrogens is 2. The predicted molar refractivity (Wildman–Crippen MR) is 106 cm³/mol. The Morgan fingerprint density at radius 3 is 2.55 bits per heavy atom. The maximum Gasteiger partial charge on any atom is 0.254 e. The highest BCUT2D eigenvalue weighted by Gasteiger charge is 2.24. The molecule has 0 bridgehead atoms. The molecule has 29 heavy (non-hydrogen) atoms. The lowest BCUT2D eigenvalue weighted by atomic mass is 10.0. The number of benzene rings is 1. The Morgan fingerprint density at radius 1 is 1.17 bits per heavy atom. The highest BCUT2D eigenvalue weighted by molar-refractivity contribution is 5.51. The zero-order valence-corrected chi connectivity index (χ0v) is 16.7. The van der Waals surface area contributed by atoms with Gasteiger partial charge in [0.15, 0.2) is 11.6 Å². The van der Waals surface area contributed by atoms with Gasteiger partial charge in [0.2, 0.25) is 0 Å². The molecule has 1 N–H and O–H groups in total. The second-order valence-electron chi connectivity index (χ2n) is 6.79. The minimum atomic E-state index is -0.111. The van der Waals surface area contributed by atoms with Crippen molar-refractivity contribution >= 4 is 0 Å². The SMILES string of the molecule is COc1cc(OC)c(CN2CCc3c(nc(-c4ccco4)[nH]c3=O)C2)c(OC)c1. The van der Waals surface area contributed by atoms with E-state index in [4.69, 9.17) is 18.6 Å². The summed E-state index contributed by atoms with van der Waals surface area (Å²) >= 11 is 0. The van der Waals surface area contributed by atoms with Crippen LogP contribution in [0.4, 0.5) is 0 Å². The summed E-state index contributed by atoms with van der Waals surface area (Å²) in [4.78, 5) is 22.2. The highest BCUT2D eigenvalue weighted by atomic mass is 16.5. The van der Waals surface area contributed by atoms with Crippen LogP contribution in [0.1, 0.15) is 16.8 Å². The van der Waals surface area contributed by atoms with Crippen LogP contribution in [0.15, 0.2) is 39.7 Å². The van der Waals surface area contributed by atoms with Crippen molar-refractivity contribution in [2.45, 2.75) is 19.5 Å². The van der Waals surface area contributed by atoms with Crippen molar-refractivity contribution in [2.75, 3.05) is 27.9 Å². The van der Waals surface area contributed by atoms with Gasteiger partial charge < -0.3 is 23.6 Å². The smallest absolute Gasteiger partial charge is 0.254 e. The van der Waals surface area contributed by atoms with Crippen molar-refractivity contribution in [2.24, 2.45) is 0 Å². The molecule has 2 aromatic heterocycles. The fourth-order valence-electron chi connectivity index (χ4n) is 3.62. The summed E-state index contributed by atoms with van der Waals surface area (Å²) in [5, 5.41) is 0. The molecule has 8 nitrogen and oxygen atoms in total. The molecule has 8 heteroatoms. The van der Waals surface area contributed by atoms with E-state index in [9.17, 15) is 4.79 Å². The lowest BCUT2D eigenvalue weighted by Gasteiger charge is -2.28. The maximum atomic E-state index is 12.5. The Morgan fingerprint density at radius 2 is 1.93 bits per heavy atom. The van der Waals surface area contributed by atoms with Gasteiger partial charge >= 0.3 is 0 Å². The van der Waals surface area contributed by atoms with E-state index in [1.54, 1.807) is 39.7 Å². The largest absolute Gasteiger partial charge is 0.496 e. The normalized spacial score (nSPS) is 13.8. The Balaban J connectivity index is 1.63. The lowest BCUT2D eigenvalue weighted by molar-refractivity contribution is 0.232. The van der Waals surface area contributed by atoms with E-state index in [0.29, 0.717) is 48.3 Å². The van der Waals surface area contributed by atoms with Crippen LogP contribution in [0.5, 0.6) is 17.2 Å². The third-order valence-electron chi connectivity index (χ3n) is 5.11. The first-order valence-corrected chi connectivity index (χ1v) is 9.30. The average molecular weight is 397 g/mol. The first-order chi connectivity index (χ1) is 14.1. The van der Waals surface area contributed by atoms with Crippen LogP contribution in [0.25, 0.3) is 11.6 Å². The maximum absolute atomic E-state index is 12.5. The van der Waals surface area contributed by atoms with E-state index >= 15 is 0 Å². The van der Waals surface area contributed by atoms with Gasteiger partial charge in [-0.05, 0) is 18.6 Å². The van der Waals surface area contributed by atoms with Crippen molar-refractivity contribution < 1.29 is 18.6 Å². The number of fused-ring (bicyclic) bond motifs is 1. The van der Waals surface area contributed by atoms with Crippen LogP contribution >= 0.6 is 0 Å². The standard InChI is InChI=1S/C21H23N3O5/c1-26-13-9-18(27-2)15(19(10-13)28-3)11-24-7-6-14-16(12-24)22-20(23-21(14)25)17-5-4-8-29-17/h4-5,8-10H,6-7,11-12H2,1-3H3,(H,22,23,25). The predicted octanol–water partition coefficient (Wildman–Crippen LogP) is 2.61. The average Bonchev–Trinajstić information content (AvgIpc) is 3.28. The van der Waals surface area contributed by atoms with Crippen LogP contribution in [0.3, 0.4) is 0 Å². The number of nitrogens with one attached hydrogen (secondary N) is 1. The van der Waals surface area contributed by atoms with E-state index in [0.717, 1.165) is 23.4 Å². The summed E-state index contributed by atoms with van der Waals surface area (Å²) in [6, 6.07) is 7.23. The number of ether oxygens (including phenoxy) is 3. The van der Waals surface area contributed by atoms with Gasteiger partial charge in [-0.25, -0.2) is 4.98 Å². The first-order valence-electron chi connectivity index (χ1n) is 9.30. The molecule has 0 unspecified atom stereocenters. The molecule has 0 saturated heterocycles. The fourth-order valence-corrected chi connectivity index (χ4v) is 3.62. The molecule has 0 fully saturated rings. The van der Waals surface area contributed by atoms with Crippen LogP contribution in [-0.2, 0) is 19.5 Å². The van der Waals surface area contributed by atoms with E-state index in [2.05, 4.69) is 14.9 Å². The number of rotatable bonds is 6. The summed E-state index contributed by atoms with van der Waals surface area (Å²) < 4.78 is 21.8. The molecule has 4 rings (SSSR count). The van der Waals surface area contributed by atoms with Crippen LogP contribution in [-0.4, -0.2) is 42.7 Å². The van der Waals surface area contributed by atoms with Crippen molar-refractivity contribution in [3.05, 3.63) is 57.7 Å². The summed E-state index contributed by atoms with van der Waals surface area (Å²) in [5.74, 6) is 3.05. The van der Waals surface area contributed by atoms with Crippen LogP contribution < -0.4 is 19.8 Å². The van der Waals surface area contributed by atoms with Crippen LogP contribution in [0.2, 0.25) is 0 Å². The van der Waals surface area contributed by atoms with Gasteiger partial charge in [0.1, 0.15) is 17.2 Å². The summed E-state index contributed by atoms with van der Waals surface area (Å²) in [6.45, 7) is 1.88. The van der Waals surface area contributed by atoms with Gasteiger partial charge in [-0.1, -0.05) is 0 Å². The molecule has 3 heterocycles. The second kappa shape index (κ2) is 8.00. The van der Waals surface area contributed by atoms with Gasteiger partial charge in [0.25, 0.3) is 5.56 Å². The molecule has 0 amide bonds. The summed E-state index contributed by atoms with van der Waals surface area (Å²) in [5.41, 5.74) is 2.30. The van der Waals surface area contributed by atoms with E-state index in [1.165, 1.54) is 0 Å². The van der Waals surface area contributed by atoms with Crippen LogP contribution in [0, 0.1) is 0 Å². The molecule has 0 radical (unpaired) electrons. The monoisotopic (exact) mass is 397 g/mol. The van der Waals surface area contributed by atoms with Gasteiger partial charge in [0, 0.05) is 37.3 Å². The summed E-state index contributed by atoms with van der Waals surface area (Å²) in [7, 11) is 4.86. The Kier molecular flexibility index (Phi) is 5.26. The number of methoxy groups -OCH3 is 3. The zero-order chi connectivity index (χ0) is 20.4.